The van der Waals surface area contributed by atoms with E-state index in [4.69, 9.17) is 0 Å². The molecule has 4 heteroatoms. The fourth-order valence-corrected chi connectivity index (χ4v) is 4.64. The standard InChI is InChI=1S/C22H34N2O2/c1-23(17-20-11-6-3-7-12-20)18-22(26)14-8-15-24(21(22)25)16-13-19-9-4-2-5-10-19/h3,6-7,11-12,19,26H,2,4-5,8-10,13-18H2,1H3/t22-/m1/s1. The number of carbonyl (C=O) groups is 1. The first-order valence-corrected chi connectivity index (χ1v) is 10.3. The molecular weight excluding hydrogens is 324 g/mol. The lowest BCUT2D eigenvalue weighted by Gasteiger charge is -2.40. The number of carbonyl (C=O) groups excluding carboxylic acids is 1. The van der Waals surface area contributed by atoms with E-state index < -0.39 is 5.60 Å². The molecule has 1 saturated heterocycles. The van der Waals surface area contributed by atoms with E-state index in [9.17, 15) is 9.90 Å². The SMILES string of the molecule is CN(Cc1ccccc1)C[C@]1(O)CCCN(CCC2CCCCC2)C1=O. The van der Waals surface area contributed by atoms with Crippen molar-refractivity contribution in [2.45, 2.75) is 63.5 Å². The van der Waals surface area contributed by atoms with Gasteiger partial charge in [-0.1, -0.05) is 62.4 Å². The van der Waals surface area contributed by atoms with E-state index in [1.54, 1.807) is 0 Å². The van der Waals surface area contributed by atoms with Crippen LogP contribution in [0.25, 0.3) is 0 Å². The van der Waals surface area contributed by atoms with Crippen LogP contribution in [0.1, 0.15) is 56.9 Å². The number of piperidine rings is 1. The summed E-state index contributed by atoms with van der Waals surface area (Å²) >= 11 is 0. The van der Waals surface area contributed by atoms with Crippen molar-refractivity contribution in [2.24, 2.45) is 5.92 Å². The van der Waals surface area contributed by atoms with E-state index in [-0.39, 0.29) is 5.91 Å². The lowest BCUT2D eigenvalue weighted by molar-refractivity contribution is -0.159. The largest absolute Gasteiger partial charge is 0.379 e. The van der Waals surface area contributed by atoms with Gasteiger partial charge in [-0.2, -0.15) is 0 Å². The van der Waals surface area contributed by atoms with Gasteiger partial charge in [0.1, 0.15) is 0 Å². The molecule has 1 aromatic rings. The van der Waals surface area contributed by atoms with Crippen LogP contribution in [-0.2, 0) is 11.3 Å². The van der Waals surface area contributed by atoms with Crippen LogP contribution in [0, 0.1) is 5.92 Å². The molecule has 1 N–H and O–H groups in total. The Kier molecular flexibility index (Phi) is 6.71. The van der Waals surface area contributed by atoms with E-state index in [1.165, 1.54) is 37.7 Å². The Morgan fingerprint density at radius 3 is 2.62 bits per heavy atom. The summed E-state index contributed by atoms with van der Waals surface area (Å²) in [6.45, 7) is 2.77. The van der Waals surface area contributed by atoms with Gasteiger partial charge < -0.3 is 10.0 Å². The summed E-state index contributed by atoms with van der Waals surface area (Å²) in [6, 6.07) is 10.2. The molecule has 2 fully saturated rings. The zero-order chi connectivity index (χ0) is 18.4. The minimum absolute atomic E-state index is 0.0560. The van der Waals surface area contributed by atoms with Gasteiger partial charge in [0.05, 0.1) is 0 Å². The molecule has 1 aliphatic heterocycles. The fraction of sp³-hybridized carbons (Fsp3) is 0.682. The van der Waals surface area contributed by atoms with Crippen molar-refractivity contribution in [3.05, 3.63) is 35.9 Å². The molecule has 3 rings (SSSR count). The van der Waals surface area contributed by atoms with Crippen LogP contribution in [-0.4, -0.2) is 53.1 Å². The normalized spacial score (nSPS) is 25.0. The lowest BCUT2D eigenvalue weighted by Crippen LogP contribution is -2.58. The molecule has 1 aliphatic carbocycles. The molecule has 0 bridgehead atoms. The van der Waals surface area contributed by atoms with E-state index >= 15 is 0 Å². The molecule has 1 amide bonds. The molecular formula is C22H34N2O2. The first-order valence-electron chi connectivity index (χ1n) is 10.3. The number of hydrogen-bond acceptors (Lipinski definition) is 3. The summed E-state index contributed by atoms with van der Waals surface area (Å²) in [5.74, 6) is 0.715. The Hall–Kier alpha value is -1.39. The summed E-state index contributed by atoms with van der Waals surface area (Å²) in [6.07, 6.45) is 9.24. The van der Waals surface area contributed by atoms with Gasteiger partial charge in [0.15, 0.2) is 5.60 Å². The van der Waals surface area contributed by atoms with Gasteiger partial charge in [-0.05, 0) is 37.8 Å². The quantitative estimate of drug-likeness (QED) is 0.812. The van der Waals surface area contributed by atoms with Crippen LogP contribution >= 0.6 is 0 Å². The molecule has 1 atom stereocenters. The number of aliphatic hydroxyl groups is 1. The first kappa shape index (κ1) is 19.4. The average Bonchev–Trinajstić information content (AvgIpc) is 2.64. The second kappa shape index (κ2) is 9.01. The number of nitrogens with zero attached hydrogens (tertiary/aromatic N) is 2. The molecule has 2 aliphatic rings. The molecule has 4 nitrogen and oxygen atoms in total. The third-order valence-corrected chi connectivity index (χ3v) is 6.06. The van der Waals surface area contributed by atoms with Crippen LogP contribution in [0.15, 0.2) is 30.3 Å². The van der Waals surface area contributed by atoms with E-state index in [1.807, 2.05) is 30.1 Å². The monoisotopic (exact) mass is 358 g/mol. The summed E-state index contributed by atoms with van der Waals surface area (Å²) in [5, 5.41) is 11.1. The maximum Gasteiger partial charge on any atom is 0.255 e. The van der Waals surface area contributed by atoms with E-state index in [2.05, 4.69) is 17.0 Å². The summed E-state index contributed by atoms with van der Waals surface area (Å²) in [5.41, 5.74) is -0.0232. The third kappa shape index (κ3) is 5.08. The van der Waals surface area contributed by atoms with E-state index in [0.717, 1.165) is 38.4 Å². The highest BCUT2D eigenvalue weighted by molar-refractivity contribution is 5.86. The van der Waals surface area contributed by atoms with Crippen molar-refractivity contribution in [3.63, 3.8) is 0 Å². The maximum absolute atomic E-state index is 13.0. The topological polar surface area (TPSA) is 43.8 Å². The lowest BCUT2D eigenvalue weighted by atomic mass is 9.86. The Morgan fingerprint density at radius 1 is 1.15 bits per heavy atom. The molecule has 0 unspecified atom stereocenters. The zero-order valence-corrected chi connectivity index (χ0v) is 16.2. The van der Waals surface area contributed by atoms with Gasteiger partial charge in [0.25, 0.3) is 5.91 Å². The molecule has 1 aromatic carbocycles. The van der Waals surface area contributed by atoms with E-state index in [0.29, 0.717) is 13.0 Å². The van der Waals surface area contributed by atoms with Gasteiger partial charge in [0.2, 0.25) is 0 Å². The van der Waals surface area contributed by atoms with Crippen molar-refractivity contribution in [3.8, 4) is 0 Å². The highest BCUT2D eigenvalue weighted by Gasteiger charge is 2.42. The molecule has 0 aromatic heterocycles. The predicted octanol–water partition coefficient (Wildman–Crippen LogP) is 3.44. The first-order chi connectivity index (χ1) is 12.6. The van der Waals surface area contributed by atoms with Crippen LogP contribution < -0.4 is 0 Å². The van der Waals surface area contributed by atoms with Crippen molar-refractivity contribution >= 4 is 5.91 Å². The molecule has 0 spiro atoms. The Balaban J connectivity index is 1.53. The van der Waals surface area contributed by atoms with Crippen molar-refractivity contribution in [1.29, 1.82) is 0 Å². The fourth-order valence-electron chi connectivity index (χ4n) is 4.64. The molecule has 26 heavy (non-hydrogen) atoms. The number of amides is 1. The Morgan fingerprint density at radius 2 is 1.88 bits per heavy atom. The smallest absolute Gasteiger partial charge is 0.255 e. The zero-order valence-electron chi connectivity index (χ0n) is 16.2. The van der Waals surface area contributed by atoms with Gasteiger partial charge in [-0.3, -0.25) is 9.69 Å². The number of benzene rings is 1. The Bertz CT molecular complexity index is 571. The van der Waals surface area contributed by atoms with Gasteiger partial charge >= 0.3 is 0 Å². The Labute approximate surface area is 158 Å². The van der Waals surface area contributed by atoms with Crippen molar-refractivity contribution in [1.82, 2.24) is 9.80 Å². The maximum atomic E-state index is 13.0. The third-order valence-electron chi connectivity index (χ3n) is 6.06. The molecule has 1 saturated carbocycles. The highest BCUT2D eigenvalue weighted by atomic mass is 16.3. The molecule has 1 heterocycles. The average molecular weight is 359 g/mol. The summed E-state index contributed by atoms with van der Waals surface area (Å²) in [4.78, 5) is 16.9. The van der Waals surface area contributed by atoms with Crippen LogP contribution in [0.3, 0.4) is 0 Å². The van der Waals surface area contributed by atoms with Crippen LogP contribution in [0.5, 0.6) is 0 Å². The highest BCUT2D eigenvalue weighted by Crippen LogP contribution is 2.29. The second-order valence-electron chi connectivity index (χ2n) is 8.38. The molecule has 0 radical (unpaired) electrons. The van der Waals surface area contributed by atoms with Gasteiger partial charge in [-0.15, -0.1) is 0 Å². The van der Waals surface area contributed by atoms with Crippen molar-refractivity contribution in [2.75, 3.05) is 26.7 Å². The number of likely N-dealkylation sites (N-methyl/N-ethyl adjacent to an activating group) is 1. The minimum Gasteiger partial charge on any atom is -0.379 e. The molecule has 144 valence electrons. The minimum atomic E-state index is -1.23. The number of hydrogen-bond donors (Lipinski definition) is 1. The second-order valence-corrected chi connectivity index (χ2v) is 8.38. The van der Waals surface area contributed by atoms with Gasteiger partial charge in [0, 0.05) is 26.2 Å². The number of likely N-dealkylation sites (tertiary alicyclic amines) is 1. The summed E-state index contributed by atoms with van der Waals surface area (Å²) in [7, 11) is 1.99. The number of rotatable bonds is 7. The van der Waals surface area contributed by atoms with Crippen molar-refractivity contribution < 1.29 is 9.90 Å². The predicted molar refractivity (Wildman–Crippen MR) is 105 cm³/mol. The van der Waals surface area contributed by atoms with Crippen LogP contribution in [0.4, 0.5) is 0 Å². The summed E-state index contributed by atoms with van der Waals surface area (Å²) < 4.78 is 0. The van der Waals surface area contributed by atoms with Crippen LogP contribution in [0.2, 0.25) is 0 Å². The van der Waals surface area contributed by atoms with Gasteiger partial charge in [-0.25, -0.2) is 0 Å².